The average Bonchev–Trinajstić information content (AvgIpc) is 2.42. The van der Waals surface area contributed by atoms with Crippen molar-refractivity contribution >= 4 is 5.91 Å². The number of hydrogen-bond acceptors (Lipinski definition) is 2. The van der Waals surface area contributed by atoms with E-state index in [2.05, 4.69) is 17.1 Å². The Morgan fingerprint density at radius 3 is 2.39 bits per heavy atom. The van der Waals surface area contributed by atoms with Crippen molar-refractivity contribution in [3.05, 3.63) is 0 Å². The highest BCUT2D eigenvalue weighted by atomic mass is 16.2. The third-order valence-corrected chi connectivity index (χ3v) is 4.60. The van der Waals surface area contributed by atoms with E-state index in [0.717, 1.165) is 38.9 Å². The van der Waals surface area contributed by atoms with E-state index in [1.807, 2.05) is 0 Å². The van der Waals surface area contributed by atoms with Gasteiger partial charge in [0.15, 0.2) is 0 Å². The van der Waals surface area contributed by atoms with E-state index in [0.29, 0.717) is 17.9 Å². The molecule has 104 valence electrons. The molecule has 0 aromatic heterocycles. The Morgan fingerprint density at radius 2 is 1.78 bits per heavy atom. The summed E-state index contributed by atoms with van der Waals surface area (Å²) in [5, 5.41) is 3.38. The summed E-state index contributed by atoms with van der Waals surface area (Å²) in [7, 11) is 0. The van der Waals surface area contributed by atoms with Gasteiger partial charge in [0.25, 0.3) is 0 Å². The monoisotopic (exact) mass is 252 g/mol. The maximum absolute atomic E-state index is 12.4. The third kappa shape index (κ3) is 3.71. The second kappa shape index (κ2) is 7.13. The lowest BCUT2D eigenvalue weighted by Crippen LogP contribution is -2.46. The number of amides is 1. The molecule has 1 N–H and O–H groups in total. The number of carbonyl (C=O) groups is 1. The molecule has 1 heterocycles. The van der Waals surface area contributed by atoms with Crippen LogP contribution in [0, 0.1) is 5.92 Å². The molecule has 1 aliphatic carbocycles. The molecule has 1 saturated heterocycles. The van der Waals surface area contributed by atoms with Gasteiger partial charge in [-0.2, -0.15) is 0 Å². The van der Waals surface area contributed by atoms with Crippen molar-refractivity contribution in [2.24, 2.45) is 5.92 Å². The zero-order chi connectivity index (χ0) is 12.8. The first-order valence-corrected chi connectivity index (χ1v) is 7.81. The van der Waals surface area contributed by atoms with Crippen molar-refractivity contribution in [3.8, 4) is 0 Å². The summed E-state index contributed by atoms with van der Waals surface area (Å²) in [6.07, 6.45) is 9.64. The zero-order valence-electron chi connectivity index (χ0n) is 11.8. The van der Waals surface area contributed by atoms with E-state index in [1.54, 1.807) is 0 Å². The molecule has 0 aromatic rings. The van der Waals surface area contributed by atoms with E-state index < -0.39 is 0 Å². The Bertz CT molecular complexity index is 255. The molecule has 18 heavy (non-hydrogen) atoms. The van der Waals surface area contributed by atoms with Gasteiger partial charge in [0.05, 0.1) is 0 Å². The van der Waals surface area contributed by atoms with Crippen LogP contribution in [0.15, 0.2) is 0 Å². The summed E-state index contributed by atoms with van der Waals surface area (Å²) in [6, 6.07) is 0.493. The van der Waals surface area contributed by atoms with Crippen LogP contribution >= 0.6 is 0 Å². The maximum atomic E-state index is 12.4. The van der Waals surface area contributed by atoms with Gasteiger partial charge < -0.3 is 10.2 Å². The summed E-state index contributed by atoms with van der Waals surface area (Å²) >= 11 is 0. The normalized spacial score (nSPS) is 22.9. The maximum Gasteiger partial charge on any atom is 0.223 e. The van der Waals surface area contributed by atoms with E-state index in [4.69, 9.17) is 0 Å². The van der Waals surface area contributed by atoms with Crippen LogP contribution in [0.2, 0.25) is 0 Å². The van der Waals surface area contributed by atoms with Gasteiger partial charge in [-0.05, 0) is 51.6 Å². The van der Waals surface area contributed by atoms with Gasteiger partial charge in [-0.15, -0.1) is 0 Å². The first kappa shape index (κ1) is 13.9. The largest absolute Gasteiger partial charge is 0.340 e. The predicted octanol–water partition coefficient (Wildman–Crippen LogP) is 2.56. The standard InChI is InChI=1S/C15H28N2O/c1-2-17(14-8-10-16-11-9-14)15(18)12-13-6-4-3-5-7-13/h13-14,16H,2-12H2,1H3. The van der Waals surface area contributed by atoms with Crippen molar-refractivity contribution < 1.29 is 4.79 Å². The molecule has 0 bridgehead atoms. The number of piperidine rings is 1. The van der Waals surface area contributed by atoms with Crippen LogP contribution in [-0.2, 0) is 4.79 Å². The van der Waals surface area contributed by atoms with Gasteiger partial charge in [0, 0.05) is 19.0 Å². The van der Waals surface area contributed by atoms with Crippen LogP contribution in [0.1, 0.15) is 58.3 Å². The molecule has 1 saturated carbocycles. The van der Waals surface area contributed by atoms with Gasteiger partial charge in [-0.1, -0.05) is 19.3 Å². The van der Waals surface area contributed by atoms with Gasteiger partial charge in [-0.25, -0.2) is 0 Å². The second-order valence-electron chi connectivity index (χ2n) is 5.87. The van der Waals surface area contributed by atoms with Crippen LogP contribution in [0.25, 0.3) is 0 Å². The highest BCUT2D eigenvalue weighted by Gasteiger charge is 2.26. The quantitative estimate of drug-likeness (QED) is 0.834. The van der Waals surface area contributed by atoms with Crippen LogP contribution < -0.4 is 5.32 Å². The number of rotatable bonds is 4. The first-order valence-electron chi connectivity index (χ1n) is 7.81. The highest BCUT2D eigenvalue weighted by Crippen LogP contribution is 2.27. The topological polar surface area (TPSA) is 32.3 Å². The second-order valence-corrected chi connectivity index (χ2v) is 5.87. The van der Waals surface area contributed by atoms with Gasteiger partial charge >= 0.3 is 0 Å². The molecule has 1 aliphatic heterocycles. The number of nitrogens with one attached hydrogen (secondary N) is 1. The predicted molar refractivity (Wildman–Crippen MR) is 74.5 cm³/mol. The first-order chi connectivity index (χ1) is 8.81. The van der Waals surface area contributed by atoms with Crippen LogP contribution in [0.3, 0.4) is 0 Å². The van der Waals surface area contributed by atoms with Crippen molar-refractivity contribution in [1.82, 2.24) is 10.2 Å². The molecule has 2 rings (SSSR count). The van der Waals surface area contributed by atoms with Crippen molar-refractivity contribution in [1.29, 1.82) is 0 Å². The molecule has 3 nitrogen and oxygen atoms in total. The zero-order valence-corrected chi connectivity index (χ0v) is 11.8. The van der Waals surface area contributed by atoms with Crippen LogP contribution in [0.5, 0.6) is 0 Å². The van der Waals surface area contributed by atoms with Crippen LogP contribution in [-0.4, -0.2) is 36.5 Å². The molecule has 2 aliphatic rings. The van der Waals surface area contributed by atoms with Crippen molar-refractivity contribution in [2.75, 3.05) is 19.6 Å². The van der Waals surface area contributed by atoms with Crippen molar-refractivity contribution in [2.45, 2.75) is 64.3 Å². The SMILES string of the molecule is CCN(C(=O)CC1CCCCC1)C1CCNCC1. The molecule has 0 unspecified atom stereocenters. The fourth-order valence-corrected chi connectivity index (χ4v) is 3.51. The molecular formula is C15H28N2O. The number of carbonyl (C=O) groups excluding carboxylic acids is 1. The lowest BCUT2D eigenvalue weighted by molar-refractivity contribution is -0.135. The number of nitrogens with zero attached hydrogens (tertiary/aromatic N) is 1. The molecule has 0 spiro atoms. The Kier molecular flexibility index (Phi) is 5.48. The Morgan fingerprint density at radius 1 is 1.11 bits per heavy atom. The van der Waals surface area contributed by atoms with Crippen LogP contribution in [0.4, 0.5) is 0 Å². The molecule has 0 aromatic carbocycles. The lowest BCUT2D eigenvalue weighted by Gasteiger charge is -2.35. The minimum absolute atomic E-state index is 0.413. The van der Waals surface area contributed by atoms with E-state index in [-0.39, 0.29) is 0 Å². The Labute approximate surface area is 111 Å². The van der Waals surface area contributed by atoms with Crippen molar-refractivity contribution in [3.63, 3.8) is 0 Å². The summed E-state index contributed by atoms with van der Waals surface area (Å²) in [5.41, 5.74) is 0. The summed E-state index contributed by atoms with van der Waals surface area (Å²) in [4.78, 5) is 14.6. The number of hydrogen-bond donors (Lipinski definition) is 1. The lowest BCUT2D eigenvalue weighted by atomic mass is 9.86. The fraction of sp³-hybridized carbons (Fsp3) is 0.933. The highest BCUT2D eigenvalue weighted by molar-refractivity contribution is 5.76. The Hall–Kier alpha value is -0.570. The smallest absolute Gasteiger partial charge is 0.223 e. The molecular weight excluding hydrogens is 224 g/mol. The fourth-order valence-electron chi connectivity index (χ4n) is 3.51. The molecule has 3 heteroatoms. The minimum atomic E-state index is 0.413. The van der Waals surface area contributed by atoms with E-state index >= 15 is 0 Å². The molecule has 2 fully saturated rings. The van der Waals surface area contributed by atoms with E-state index in [1.165, 1.54) is 32.1 Å². The third-order valence-electron chi connectivity index (χ3n) is 4.60. The van der Waals surface area contributed by atoms with Gasteiger partial charge in [0.2, 0.25) is 5.91 Å². The summed E-state index contributed by atoms with van der Waals surface area (Å²) in [5.74, 6) is 1.08. The Balaban J connectivity index is 1.83. The average molecular weight is 252 g/mol. The van der Waals surface area contributed by atoms with Gasteiger partial charge in [-0.3, -0.25) is 4.79 Å². The molecule has 0 radical (unpaired) electrons. The summed E-state index contributed by atoms with van der Waals surface area (Å²) in [6.45, 7) is 5.15. The summed E-state index contributed by atoms with van der Waals surface area (Å²) < 4.78 is 0. The van der Waals surface area contributed by atoms with E-state index in [9.17, 15) is 4.79 Å². The molecule has 1 amide bonds. The molecule has 0 atom stereocenters. The minimum Gasteiger partial charge on any atom is -0.340 e. The van der Waals surface area contributed by atoms with Gasteiger partial charge in [0.1, 0.15) is 0 Å².